The van der Waals surface area contributed by atoms with Crippen molar-refractivity contribution in [1.82, 2.24) is 5.32 Å². The van der Waals surface area contributed by atoms with E-state index in [9.17, 15) is 4.79 Å². The van der Waals surface area contributed by atoms with E-state index in [4.69, 9.17) is 14.2 Å². The van der Waals surface area contributed by atoms with Crippen LogP contribution in [0, 0.1) is 0 Å². The Morgan fingerprint density at radius 3 is 2.16 bits per heavy atom. The number of methoxy groups -OCH3 is 3. The minimum atomic E-state index is -0.0790. The minimum absolute atomic E-state index is 0.0790. The zero-order valence-electron chi connectivity index (χ0n) is 14.8. The number of ether oxygens (including phenoxy) is 3. The molecule has 2 N–H and O–H groups in total. The maximum absolute atomic E-state index is 12.0. The first-order valence-electron chi connectivity index (χ1n) is 8.02. The lowest BCUT2D eigenvalue weighted by atomic mass is 10.1. The van der Waals surface area contributed by atoms with Gasteiger partial charge in [0.2, 0.25) is 11.7 Å². The quantitative estimate of drug-likeness (QED) is 0.731. The van der Waals surface area contributed by atoms with Crippen LogP contribution in [0.5, 0.6) is 17.2 Å². The lowest BCUT2D eigenvalue weighted by Gasteiger charge is -2.15. The van der Waals surface area contributed by atoms with Crippen molar-refractivity contribution in [2.24, 2.45) is 0 Å². The van der Waals surface area contributed by atoms with Gasteiger partial charge < -0.3 is 24.8 Å². The van der Waals surface area contributed by atoms with Crippen molar-refractivity contribution in [1.29, 1.82) is 0 Å². The Morgan fingerprint density at radius 2 is 1.60 bits per heavy atom. The molecule has 2 aromatic rings. The highest BCUT2D eigenvalue weighted by molar-refractivity contribution is 5.81. The highest BCUT2D eigenvalue weighted by Gasteiger charge is 2.13. The Morgan fingerprint density at radius 1 is 0.960 bits per heavy atom. The van der Waals surface area contributed by atoms with Gasteiger partial charge >= 0.3 is 0 Å². The lowest BCUT2D eigenvalue weighted by Crippen LogP contribution is -2.31. The van der Waals surface area contributed by atoms with Crippen LogP contribution >= 0.6 is 0 Å². The van der Waals surface area contributed by atoms with Crippen LogP contribution in [0.15, 0.2) is 42.5 Å². The summed E-state index contributed by atoms with van der Waals surface area (Å²) in [5, 5.41) is 5.96. The monoisotopic (exact) mass is 344 g/mol. The van der Waals surface area contributed by atoms with Crippen LogP contribution in [0.2, 0.25) is 0 Å². The zero-order valence-corrected chi connectivity index (χ0v) is 14.8. The molecule has 0 saturated heterocycles. The first-order chi connectivity index (χ1) is 12.2. The number of hydrogen-bond donors (Lipinski definition) is 2. The molecule has 2 rings (SSSR count). The molecule has 1 amide bonds. The molecule has 0 aliphatic carbocycles. The number of anilines is 1. The fraction of sp³-hybridized carbons (Fsp3) is 0.316. The Labute approximate surface area is 148 Å². The summed E-state index contributed by atoms with van der Waals surface area (Å²) < 4.78 is 15.9. The second-order valence-corrected chi connectivity index (χ2v) is 5.35. The molecule has 0 bridgehead atoms. The van der Waals surface area contributed by atoms with Crippen molar-refractivity contribution in [2.45, 2.75) is 6.42 Å². The van der Waals surface area contributed by atoms with E-state index in [0.717, 1.165) is 6.42 Å². The van der Waals surface area contributed by atoms with Crippen LogP contribution in [0.1, 0.15) is 5.56 Å². The molecule has 6 nitrogen and oxygen atoms in total. The molecule has 0 heterocycles. The van der Waals surface area contributed by atoms with Crippen LogP contribution in [0.3, 0.4) is 0 Å². The third-order valence-electron chi connectivity index (χ3n) is 3.70. The summed E-state index contributed by atoms with van der Waals surface area (Å²) in [6.45, 7) is 0.757. The maximum atomic E-state index is 12.0. The van der Waals surface area contributed by atoms with Gasteiger partial charge in [0.25, 0.3) is 0 Å². The average Bonchev–Trinajstić information content (AvgIpc) is 2.66. The van der Waals surface area contributed by atoms with Crippen molar-refractivity contribution in [3.63, 3.8) is 0 Å². The Balaban J connectivity index is 1.86. The zero-order chi connectivity index (χ0) is 18.1. The molecule has 2 aromatic carbocycles. The number of amides is 1. The predicted octanol–water partition coefficient (Wildman–Crippen LogP) is 2.48. The second-order valence-electron chi connectivity index (χ2n) is 5.35. The summed E-state index contributed by atoms with van der Waals surface area (Å²) in [4.78, 5) is 12.0. The van der Waals surface area contributed by atoms with Crippen molar-refractivity contribution in [3.05, 3.63) is 48.0 Å². The number of rotatable bonds is 9. The van der Waals surface area contributed by atoms with E-state index in [2.05, 4.69) is 10.6 Å². The molecule has 0 aromatic heterocycles. The number of benzene rings is 2. The van der Waals surface area contributed by atoms with E-state index in [-0.39, 0.29) is 12.5 Å². The minimum Gasteiger partial charge on any atom is -0.493 e. The van der Waals surface area contributed by atoms with Gasteiger partial charge in [-0.1, -0.05) is 30.3 Å². The first-order valence-corrected chi connectivity index (χ1v) is 8.02. The van der Waals surface area contributed by atoms with Crippen molar-refractivity contribution >= 4 is 11.6 Å². The van der Waals surface area contributed by atoms with Gasteiger partial charge in [0, 0.05) is 24.4 Å². The highest BCUT2D eigenvalue weighted by atomic mass is 16.5. The van der Waals surface area contributed by atoms with Gasteiger partial charge in [-0.05, 0) is 12.0 Å². The van der Waals surface area contributed by atoms with Crippen molar-refractivity contribution < 1.29 is 19.0 Å². The summed E-state index contributed by atoms with van der Waals surface area (Å²) in [6.07, 6.45) is 0.802. The summed E-state index contributed by atoms with van der Waals surface area (Å²) >= 11 is 0. The first kappa shape index (κ1) is 18.4. The van der Waals surface area contributed by atoms with Crippen LogP contribution in [0.25, 0.3) is 0 Å². The molecule has 0 unspecified atom stereocenters. The highest BCUT2D eigenvalue weighted by Crippen LogP contribution is 2.39. The number of hydrogen-bond acceptors (Lipinski definition) is 5. The van der Waals surface area contributed by atoms with Gasteiger partial charge in [0.05, 0.1) is 27.9 Å². The molecule has 0 radical (unpaired) electrons. The number of carbonyl (C=O) groups excluding carboxylic acids is 1. The smallest absolute Gasteiger partial charge is 0.239 e. The van der Waals surface area contributed by atoms with Crippen LogP contribution in [-0.2, 0) is 11.2 Å². The SMILES string of the molecule is COc1cc(NCC(=O)NCCc2ccccc2)cc(OC)c1OC. The third-order valence-corrected chi connectivity index (χ3v) is 3.70. The molecule has 0 atom stereocenters. The number of nitrogens with one attached hydrogen (secondary N) is 2. The van der Waals surface area contributed by atoms with Crippen molar-refractivity contribution in [2.75, 3.05) is 39.7 Å². The van der Waals surface area contributed by atoms with Gasteiger partial charge in [-0.2, -0.15) is 0 Å². The van der Waals surface area contributed by atoms with Crippen LogP contribution in [0.4, 0.5) is 5.69 Å². The fourth-order valence-electron chi connectivity index (χ4n) is 2.42. The molecule has 25 heavy (non-hydrogen) atoms. The second kappa shape index (κ2) is 9.42. The van der Waals surface area contributed by atoms with Crippen molar-refractivity contribution in [3.8, 4) is 17.2 Å². The van der Waals surface area contributed by atoms with Gasteiger partial charge in [0.1, 0.15) is 0 Å². The third kappa shape index (κ3) is 5.31. The molecule has 0 saturated carbocycles. The molecule has 0 aliphatic rings. The van der Waals surface area contributed by atoms with Gasteiger partial charge in [-0.3, -0.25) is 4.79 Å². The summed E-state index contributed by atoms with van der Waals surface area (Å²) in [7, 11) is 4.66. The van der Waals surface area contributed by atoms with Gasteiger partial charge in [0.15, 0.2) is 11.5 Å². The van der Waals surface area contributed by atoms with Crippen LogP contribution in [-0.4, -0.2) is 40.3 Å². The number of carbonyl (C=O) groups is 1. The summed E-state index contributed by atoms with van der Waals surface area (Å²) in [6, 6.07) is 13.6. The Bertz CT molecular complexity index is 664. The van der Waals surface area contributed by atoms with Gasteiger partial charge in [-0.25, -0.2) is 0 Å². The maximum Gasteiger partial charge on any atom is 0.239 e. The van der Waals surface area contributed by atoms with E-state index in [1.807, 2.05) is 30.3 Å². The van der Waals surface area contributed by atoms with Crippen LogP contribution < -0.4 is 24.8 Å². The largest absolute Gasteiger partial charge is 0.493 e. The average molecular weight is 344 g/mol. The van der Waals surface area contributed by atoms with E-state index in [0.29, 0.717) is 29.5 Å². The molecular formula is C19H24N2O4. The molecule has 0 aliphatic heterocycles. The lowest BCUT2D eigenvalue weighted by molar-refractivity contribution is -0.119. The predicted molar refractivity (Wildman–Crippen MR) is 97.7 cm³/mol. The summed E-state index contributed by atoms with van der Waals surface area (Å²) in [5.41, 5.74) is 1.91. The molecule has 0 fully saturated rings. The molecule has 0 spiro atoms. The molecular weight excluding hydrogens is 320 g/mol. The Hall–Kier alpha value is -2.89. The van der Waals surface area contributed by atoms with E-state index in [1.54, 1.807) is 33.5 Å². The normalized spacial score (nSPS) is 10.0. The summed E-state index contributed by atoms with van der Waals surface area (Å²) in [5.74, 6) is 1.51. The Kier molecular flexibility index (Phi) is 6.95. The van der Waals surface area contributed by atoms with E-state index < -0.39 is 0 Å². The van der Waals surface area contributed by atoms with E-state index >= 15 is 0 Å². The van der Waals surface area contributed by atoms with Gasteiger partial charge in [-0.15, -0.1) is 0 Å². The molecule has 134 valence electrons. The molecule has 6 heteroatoms. The van der Waals surface area contributed by atoms with E-state index in [1.165, 1.54) is 5.56 Å². The topological polar surface area (TPSA) is 68.8 Å². The standard InChI is InChI=1S/C19H24N2O4/c1-23-16-11-15(12-17(24-2)19(16)25-3)21-13-18(22)20-10-9-14-7-5-4-6-8-14/h4-8,11-12,21H,9-10,13H2,1-3H3,(H,20,22). The fourth-order valence-corrected chi connectivity index (χ4v) is 2.42.